The highest BCUT2D eigenvalue weighted by atomic mass is 32.2. The maximum absolute atomic E-state index is 14.5. The first-order valence-corrected chi connectivity index (χ1v) is 19.2. The summed E-state index contributed by atoms with van der Waals surface area (Å²) in [5.74, 6) is 0.639. The number of benzene rings is 4. The Bertz CT molecular complexity index is 2380. The van der Waals surface area contributed by atoms with Crippen molar-refractivity contribution in [3.8, 4) is 34.0 Å². The number of nitrogens with two attached hydrogens (primary N) is 2. The number of hydrogen-bond acceptors (Lipinski definition) is 13. The van der Waals surface area contributed by atoms with Crippen molar-refractivity contribution in [3.05, 3.63) is 90.0 Å². The molecule has 0 amide bonds. The molecule has 14 nitrogen and oxygen atoms in total. The van der Waals surface area contributed by atoms with Gasteiger partial charge in [-0.2, -0.15) is 4.80 Å². The molecule has 17 heteroatoms. The van der Waals surface area contributed by atoms with Gasteiger partial charge >= 0.3 is 0 Å². The molecule has 1 unspecified atom stereocenters. The van der Waals surface area contributed by atoms with E-state index in [4.69, 9.17) is 20.9 Å². The summed E-state index contributed by atoms with van der Waals surface area (Å²) < 4.78 is 70.7. The minimum absolute atomic E-state index is 0.0713. The van der Waals surface area contributed by atoms with Gasteiger partial charge in [0.2, 0.25) is 15.8 Å². The number of anilines is 1. The van der Waals surface area contributed by atoms with Gasteiger partial charge in [-0.15, -0.1) is 10.2 Å². The van der Waals surface area contributed by atoms with Crippen LogP contribution >= 0.6 is 11.3 Å². The van der Waals surface area contributed by atoms with Gasteiger partial charge in [0, 0.05) is 18.2 Å². The highest BCUT2D eigenvalue weighted by Crippen LogP contribution is 2.42. The average Bonchev–Trinajstić information content (AvgIpc) is 3.72. The van der Waals surface area contributed by atoms with Gasteiger partial charge in [0.05, 0.1) is 47.2 Å². The fourth-order valence-electron chi connectivity index (χ4n) is 5.44. The first kappa shape index (κ1) is 34.9. The maximum Gasteiger partial charge on any atom is 0.242 e. The Hall–Kier alpha value is -4.94. The molecule has 4 aromatic carbocycles. The Morgan fingerprint density at radius 1 is 0.880 bits per heavy atom. The molecule has 5 N–H and O–H groups in total. The fourth-order valence-corrected chi connectivity index (χ4v) is 9.75. The second kappa shape index (κ2) is 14.1. The molecule has 0 radical (unpaired) electrons. The smallest absolute Gasteiger partial charge is 0.242 e. The number of aromatic nitrogens is 5. The second-order valence-corrected chi connectivity index (χ2v) is 16.2. The summed E-state index contributed by atoms with van der Waals surface area (Å²) in [6.45, 7) is 1.56. The number of sulfone groups is 1. The van der Waals surface area contributed by atoms with Gasteiger partial charge in [0.15, 0.2) is 15.0 Å². The molecule has 0 fully saturated rings. The highest BCUT2D eigenvalue weighted by molar-refractivity contribution is 7.93. The lowest BCUT2D eigenvalue weighted by Gasteiger charge is -2.19. The second-order valence-electron chi connectivity index (χ2n) is 11.4. The van der Waals surface area contributed by atoms with Gasteiger partial charge in [0.1, 0.15) is 16.4 Å². The zero-order chi connectivity index (χ0) is 35.6. The molecule has 0 bridgehead atoms. The number of hydrogen-bond donors (Lipinski definition) is 3. The summed E-state index contributed by atoms with van der Waals surface area (Å²) in [7, 11) is -5.79. The number of nitrogen functional groups attached to an aromatic ring is 1. The van der Waals surface area contributed by atoms with Crippen molar-refractivity contribution in [1.82, 2.24) is 29.9 Å². The molecule has 2 aromatic heterocycles. The quantitative estimate of drug-likeness (QED) is 0.155. The zero-order valence-corrected chi connectivity index (χ0v) is 29.7. The molecule has 260 valence electrons. The zero-order valence-electron chi connectivity index (χ0n) is 27.3. The van der Waals surface area contributed by atoms with Gasteiger partial charge in [-0.25, -0.2) is 26.5 Å². The number of ether oxygens (including phenoxy) is 2. The van der Waals surface area contributed by atoms with Crippen LogP contribution in [0.25, 0.3) is 32.7 Å². The van der Waals surface area contributed by atoms with Gasteiger partial charge in [-0.1, -0.05) is 53.8 Å². The number of thiazole rings is 1. The molecule has 1 atom stereocenters. The van der Waals surface area contributed by atoms with Crippen LogP contribution in [-0.2, 0) is 33.0 Å². The Labute approximate surface area is 293 Å². The monoisotopic (exact) mass is 734 g/mol. The SMILES string of the molecule is COc1ccc(CNS(=O)(=O)c2c(S(=O)(=O)CC(C)N)ccc(-c3cccc4sc(N)nc34)c2-c2nnn(Cc3ccc(OC)cc3)n2)cc1. The van der Waals surface area contributed by atoms with Crippen LogP contribution in [0.4, 0.5) is 5.13 Å². The summed E-state index contributed by atoms with van der Waals surface area (Å²) in [6, 6.07) is 21.4. The van der Waals surface area contributed by atoms with Crippen LogP contribution in [0.5, 0.6) is 11.5 Å². The summed E-state index contributed by atoms with van der Waals surface area (Å²) in [4.78, 5) is 4.82. The average molecular weight is 735 g/mol. The van der Waals surface area contributed by atoms with E-state index in [1.807, 2.05) is 18.2 Å². The van der Waals surface area contributed by atoms with E-state index in [9.17, 15) is 16.8 Å². The number of sulfonamides is 1. The predicted molar refractivity (Wildman–Crippen MR) is 191 cm³/mol. The number of para-hydroxylation sites is 1. The van der Waals surface area contributed by atoms with Gasteiger partial charge in [-0.3, -0.25) is 0 Å². The molecule has 0 aliphatic heterocycles. The van der Waals surface area contributed by atoms with Crippen molar-refractivity contribution in [2.45, 2.75) is 35.8 Å². The van der Waals surface area contributed by atoms with Crippen molar-refractivity contribution in [3.63, 3.8) is 0 Å². The van der Waals surface area contributed by atoms with Crippen LogP contribution in [0.15, 0.2) is 88.7 Å². The van der Waals surface area contributed by atoms with E-state index in [0.717, 1.165) is 10.3 Å². The van der Waals surface area contributed by atoms with Crippen molar-refractivity contribution in [1.29, 1.82) is 0 Å². The van der Waals surface area contributed by atoms with Gasteiger partial charge < -0.3 is 20.9 Å². The van der Waals surface area contributed by atoms with E-state index in [1.54, 1.807) is 55.6 Å². The number of rotatable bonds is 13. The molecular formula is C33H34N8O6S3. The first-order chi connectivity index (χ1) is 23.9. The molecule has 2 heterocycles. The molecule has 50 heavy (non-hydrogen) atoms. The van der Waals surface area contributed by atoms with Crippen LogP contribution in [0, 0.1) is 0 Å². The lowest BCUT2D eigenvalue weighted by Crippen LogP contribution is -2.30. The predicted octanol–water partition coefficient (Wildman–Crippen LogP) is 3.86. The number of tetrazole rings is 1. The van der Waals surface area contributed by atoms with Crippen LogP contribution in [0.2, 0.25) is 0 Å². The van der Waals surface area contributed by atoms with E-state index >= 15 is 0 Å². The minimum atomic E-state index is -4.61. The van der Waals surface area contributed by atoms with Crippen molar-refractivity contribution in [2.75, 3.05) is 25.7 Å². The van der Waals surface area contributed by atoms with E-state index in [1.165, 1.54) is 42.3 Å². The van der Waals surface area contributed by atoms with Gasteiger partial charge in [0.25, 0.3) is 0 Å². The highest BCUT2D eigenvalue weighted by Gasteiger charge is 2.35. The molecule has 0 saturated carbocycles. The van der Waals surface area contributed by atoms with E-state index in [-0.39, 0.29) is 24.5 Å². The largest absolute Gasteiger partial charge is 0.497 e. The van der Waals surface area contributed by atoms with Crippen LogP contribution < -0.4 is 25.7 Å². The van der Waals surface area contributed by atoms with Crippen LogP contribution in [0.1, 0.15) is 18.1 Å². The third-order valence-electron chi connectivity index (χ3n) is 7.72. The fraction of sp³-hybridized carbons (Fsp3) is 0.212. The van der Waals surface area contributed by atoms with Crippen molar-refractivity contribution >= 4 is 46.5 Å². The van der Waals surface area contributed by atoms with E-state index < -0.39 is 41.4 Å². The Balaban J connectivity index is 1.58. The third-order valence-corrected chi connectivity index (χ3v) is 12.2. The molecular weight excluding hydrogens is 701 g/mol. The van der Waals surface area contributed by atoms with Crippen molar-refractivity contribution < 1.29 is 26.3 Å². The van der Waals surface area contributed by atoms with E-state index in [0.29, 0.717) is 38.8 Å². The first-order valence-electron chi connectivity index (χ1n) is 15.2. The number of methoxy groups -OCH3 is 2. The Morgan fingerprint density at radius 2 is 1.54 bits per heavy atom. The Kier molecular flexibility index (Phi) is 9.86. The topological polar surface area (TPSA) is 207 Å². The molecule has 0 aliphatic carbocycles. The van der Waals surface area contributed by atoms with Crippen LogP contribution in [0.3, 0.4) is 0 Å². The summed E-state index contributed by atoms with van der Waals surface area (Å²) in [6.07, 6.45) is 0. The molecule has 0 spiro atoms. The third kappa shape index (κ3) is 7.31. The minimum Gasteiger partial charge on any atom is -0.497 e. The summed E-state index contributed by atoms with van der Waals surface area (Å²) >= 11 is 1.26. The summed E-state index contributed by atoms with van der Waals surface area (Å²) in [5, 5.41) is 13.4. The lowest BCUT2D eigenvalue weighted by molar-refractivity contribution is 0.414. The van der Waals surface area contributed by atoms with Crippen LogP contribution in [-0.4, -0.2) is 68.0 Å². The molecule has 0 aliphatic rings. The van der Waals surface area contributed by atoms with Crippen molar-refractivity contribution in [2.24, 2.45) is 5.73 Å². The molecule has 6 rings (SSSR count). The lowest BCUT2D eigenvalue weighted by atomic mass is 9.98. The standard InChI is InChI=1S/C33H34N8O6S3/c1-20(34)19-49(42,43)28-16-15-25(26-5-4-6-27-30(26)37-33(35)48-27)29(31(28)50(44,45)36-17-21-7-11-23(46-2)12-8-21)32-38-40-41(39-32)18-22-9-13-24(47-3)14-10-22/h4-16,20,36H,17-19,34H2,1-3H3,(H2,35,37). The maximum atomic E-state index is 14.5. The normalized spacial score (nSPS) is 12.6. The number of nitrogens with one attached hydrogen (secondary N) is 1. The van der Waals surface area contributed by atoms with E-state index in [2.05, 4.69) is 25.1 Å². The van der Waals surface area contributed by atoms with Gasteiger partial charge in [-0.05, 0) is 65.2 Å². The Morgan fingerprint density at radius 3 is 2.18 bits per heavy atom. The number of nitrogens with zero attached hydrogens (tertiary/aromatic N) is 5. The molecule has 6 aromatic rings. The molecule has 0 saturated heterocycles. The summed E-state index contributed by atoms with van der Waals surface area (Å²) in [5.41, 5.74) is 14.7. The number of fused-ring (bicyclic) bond motifs is 1.